The van der Waals surface area contributed by atoms with Crippen molar-refractivity contribution in [3.05, 3.63) is 0 Å². The van der Waals surface area contributed by atoms with Gasteiger partial charge in [0.2, 0.25) is 6.85 Å². The van der Waals surface area contributed by atoms with Crippen molar-refractivity contribution >= 4 is 15.4 Å². The third kappa shape index (κ3) is 3.47. The van der Waals surface area contributed by atoms with E-state index >= 15 is 0 Å². The molecule has 4 unspecified atom stereocenters. The van der Waals surface area contributed by atoms with E-state index in [1.807, 2.05) is 0 Å². The van der Waals surface area contributed by atoms with Crippen LogP contribution in [0.4, 0.5) is 0 Å². The second-order valence-electron chi connectivity index (χ2n) is 6.37. The van der Waals surface area contributed by atoms with Gasteiger partial charge in [-0.3, -0.25) is 0 Å². The van der Waals surface area contributed by atoms with Gasteiger partial charge in [-0.25, -0.2) is 0 Å². The van der Waals surface area contributed by atoms with Crippen LogP contribution < -0.4 is 0 Å². The Hall–Kier alpha value is 0.455. The van der Waals surface area contributed by atoms with Crippen LogP contribution in [-0.2, 0) is 0 Å². The molecule has 0 radical (unpaired) electrons. The molecule has 2 bridgehead atoms. The lowest BCUT2D eigenvalue weighted by Crippen LogP contribution is -2.43. The standard InChI is InChI=1S/C14H29BNP/c1-4-7-12-8-5-6-9-13-11-17-14(12)10-15(13)16(2)3/h12-14,17H,4-11H2,1-3H3. The molecule has 0 saturated carbocycles. The Bertz CT molecular complexity index is 234. The first kappa shape index (κ1) is 13.9. The molecule has 0 aromatic heterocycles. The summed E-state index contributed by atoms with van der Waals surface area (Å²) >= 11 is 0. The van der Waals surface area contributed by atoms with Crippen LogP contribution in [-0.4, -0.2) is 37.6 Å². The maximum Gasteiger partial charge on any atom is 0.226 e. The second kappa shape index (κ2) is 6.57. The van der Waals surface area contributed by atoms with Gasteiger partial charge in [-0.05, 0) is 44.1 Å². The minimum absolute atomic E-state index is 0.888. The van der Waals surface area contributed by atoms with Gasteiger partial charge in [-0.2, -0.15) is 0 Å². The lowest BCUT2D eigenvalue weighted by atomic mass is 9.46. The first-order chi connectivity index (χ1) is 8.22. The first-order valence-corrected chi connectivity index (χ1v) is 8.90. The van der Waals surface area contributed by atoms with Crippen LogP contribution >= 0.6 is 8.58 Å². The fraction of sp³-hybridized carbons (Fsp3) is 1.00. The monoisotopic (exact) mass is 253 g/mol. The lowest BCUT2D eigenvalue weighted by molar-refractivity contribution is 0.422. The van der Waals surface area contributed by atoms with Crippen molar-refractivity contribution in [2.24, 2.45) is 5.92 Å². The Morgan fingerprint density at radius 1 is 1.24 bits per heavy atom. The third-order valence-electron chi connectivity index (χ3n) is 4.97. The molecule has 0 aromatic carbocycles. The summed E-state index contributed by atoms with van der Waals surface area (Å²) in [5.74, 6) is 2.07. The Morgan fingerprint density at radius 3 is 2.71 bits per heavy atom. The van der Waals surface area contributed by atoms with Crippen molar-refractivity contribution in [2.45, 2.75) is 63.2 Å². The van der Waals surface area contributed by atoms with Gasteiger partial charge in [0.05, 0.1) is 0 Å². The van der Waals surface area contributed by atoms with Crippen LogP contribution in [0.25, 0.3) is 0 Å². The molecule has 3 saturated heterocycles. The van der Waals surface area contributed by atoms with Crippen molar-refractivity contribution in [1.29, 1.82) is 0 Å². The molecule has 0 spiro atoms. The van der Waals surface area contributed by atoms with Gasteiger partial charge in [0.15, 0.2) is 0 Å². The van der Waals surface area contributed by atoms with Crippen LogP contribution in [0.15, 0.2) is 0 Å². The molecule has 0 amide bonds. The molecule has 98 valence electrons. The number of hydrogen-bond donors (Lipinski definition) is 0. The van der Waals surface area contributed by atoms with Gasteiger partial charge in [-0.15, -0.1) is 8.58 Å². The van der Waals surface area contributed by atoms with Crippen LogP contribution in [0.5, 0.6) is 0 Å². The van der Waals surface area contributed by atoms with Crippen molar-refractivity contribution in [3.63, 3.8) is 0 Å². The minimum atomic E-state index is 0.888. The van der Waals surface area contributed by atoms with Gasteiger partial charge < -0.3 is 4.81 Å². The van der Waals surface area contributed by atoms with Crippen molar-refractivity contribution in [2.75, 3.05) is 20.3 Å². The van der Waals surface area contributed by atoms with E-state index in [4.69, 9.17) is 0 Å². The van der Waals surface area contributed by atoms with Crippen molar-refractivity contribution in [1.82, 2.24) is 4.81 Å². The summed E-state index contributed by atoms with van der Waals surface area (Å²) < 4.78 is 0. The number of nitrogens with zero attached hydrogens (tertiary/aromatic N) is 1. The van der Waals surface area contributed by atoms with Crippen LogP contribution in [0.1, 0.15) is 45.4 Å². The largest absolute Gasteiger partial charge is 0.347 e. The predicted octanol–water partition coefficient (Wildman–Crippen LogP) is 3.96. The second-order valence-corrected chi connectivity index (χ2v) is 7.93. The average molecular weight is 253 g/mol. The summed E-state index contributed by atoms with van der Waals surface area (Å²) in [6.45, 7) is 3.25. The molecule has 3 fully saturated rings. The fourth-order valence-corrected chi connectivity index (χ4v) is 6.15. The van der Waals surface area contributed by atoms with E-state index in [9.17, 15) is 0 Å². The maximum atomic E-state index is 2.52. The van der Waals surface area contributed by atoms with Gasteiger partial charge in [0, 0.05) is 0 Å². The van der Waals surface area contributed by atoms with E-state index < -0.39 is 0 Å². The minimum Gasteiger partial charge on any atom is -0.347 e. The molecule has 0 N–H and O–H groups in total. The van der Waals surface area contributed by atoms with Gasteiger partial charge >= 0.3 is 0 Å². The fourth-order valence-electron chi connectivity index (χ4n) is 3.99. The number of fused-ring (bicyclic) bond motifs is 6. The number of hydrogen-bond acceptors (Lipinski definition) is 1. The van der Waals surface area contributed by atoms with Gasteiger partial charge in [0.1, 0.15) is 0 Å². The van der Waals surface area contributed by atoms with E-state index in [0.717, 1.165) is 24.2 Å². The zero-order valence-corrected chi connectivity index (χ0v) is 12.9. The highest BCUT2D eigenvalue weighted by molar-refractivity contribution is 7.39. The Labute approximate surface area is 110 Å². The SMILES string of the molecule is CCCC1CCCCC2CPC1CB2N(C)C. The highest BCUT2D eigenvalue weighted by Crippen LogP contribution is 2.47. The van der Waals surface area contributed by atoms with E-state index in [0.29, 0.717) is 0 Å². The third-order valence-corrected chi connectivity index (χ3v) is 6.96. The molecule has 3 heterocycles. The van der Waals surface area contributed by atoms with Crippen LogP contribution in [0.3, 0.4) is 0 Å². The number of rotatable bonds is 3. The Kier molecular flexibility index (Phi) is 5.36. The highest BCUT2D eigenvalue weighted by Gasteiger charge is 2.38. The molecular formula is C14H29BNP. The zero-order valence-electron chi connectivity index (χ0n) is 11.9. The molecule has 3 heteroatoms. The van der Waals surface area contributed by atoms with Crippen LogP contribution in [0, 0.1) is 5.92 Å². The molecule has 0 aliphatic carbocycles. The molecule has 4 atom stereocenters. The summed E-state index contributed by atoms with van der Waals surface area (Å²) in [5, 5.41) is 0. The molecule has 3 aliphatic rings. The summed E-state index contributed by atoms with van der Waals surface area (Å²) in [4.78, 5) is 2.52. The predicted molar refractivity (Wildman–Crippen MR) is 81.8 cm³/mol. The summed E-state index contributed by atoms with van der Waals surface area (Å²) in [7, 11) is 5.87. The molecule has 1 nitrogen and oxygen atoms in total. The molecule has 3 rings (SSSR count). The van der Waals surface area contributed by atoms with Crippen molar-refractivity contribution in [3.8, 4) is 0 Å². The average Bonchev–Trinajstić information content (AvgIpc) is 2.46. The van der Waals surface area contributed by atoms with Crippen LogP contribution in [0.2, 0.25) is 12.1 Å². The first-order valence-electron chi connectivity index (χ1n) is 7.62. The zero-order chi connectivity index (χ0) is 12.3. The Morgan fingerprint density at radius 2 is 2.00 bits per heavy atom. The quantitative estimate of drug-likeness (QED) is 0.543. The van der Waals surface area contributed by atoms with Gasteiger partial charge in [0.25, 0.3) is 0 Å². The van der Waals surface area contributed by atoms with E-state index in [2.05, 4.69) is 25.8 Å². The lowest BCUT2D eigenvalue weighted by Gasteiger charge is -2.39. The molecule has 3 aliphatic heterocycles. The normalized spacial score (nSPS) is 36.0. The van der Waals surface area contributed by atoms with Crippen molar-refractivity contribution < 1.29 is 0 Å². The maximum absolute atomic E-state index is 2.52. The molecule has 17 heavy (non-hydrogen) atoms. The summed E-state index contributed by atoms with van der Waals surface area (Å²) in [6, 6.07) is 0. The summed E-state index contributed by atoms with van der Waals surface area (Å²) in [5.41, 5.74) is 1.07. The highest BCUT2D eigenvalue weighted by atomic mass is 31.1. The van der Waals surface area contributed by atoms with E-state index in [1.54, 1.807) is 0 Å². The van der Waals surface area contributed by atoms with E-state index in [1.165, 1.54) is 59.6 Å². The smallest absolute Gasteiger partial charge is 0.226 e. The van der Waals surface area contributed by atoms with Gasteiger partial charge in [-0.1, -0.05) is 45.3 Å². The molecular weight excluding hydrogens is 224 g/mol. The topological polar surface area (TPSA) is 3.24 Å². The summed E-state index contributed by atoms with van der Waals surface area (Å²) in [6.07, 6.45) is 11.9. The Balaban J connectivity index is 2.07. The molecule has 0 aromatic rings. The van der Waals surface area contributed by atoms with E-state index in [-0.39, 0.29) is 0 Å².